The molecule has 0 aliphatic heterocycles. The highest BCUT2D eigenvalue weighted by molar-refractivity contribution is 6.30. The fourth-order valence-electron chi connectivity index (χ4n) is 1.09. The molecule has 1 aromatic heterocycles. The maximum absolute atomic E-state index is 9.18. The van der Waals surface area contributed by atoms with Gasteiger partial charge in [0.1, 0.15) is 0 Å². The SMILES string of the molecule is Oc1cc(C2CC2)cnc1Cl. The van der Waals surface area contributed by atoms with Crippen molar-refractivity contribution in [3.8, 4) is 5.75 Å². The van der Waals surface area contributed by atoms with E-state index in [0.29, 0.717) is 5.92 Å². The lowest BCUT2D eigenvalue weighted by atomic mass is 10.2. The van der Waals surface area contributed by atoms with Crippen LogP contribution in [-0.2, 0) is 0 Å². The molecule has 11 heavy (non-hydrogen) atoms. The number of pyridine rings is 1. The van der Waals surface area contributed by atoms with Crippen LogP contribution in [0.2, 0.25) is 5.15 Å². The Morgan fingerprint density at radius 1 is 1.55 bits per heavy atom. The van der Waals surface area contributed by atoms with Crippen LogP contribution in [0.25, 0.3) is 0 Å². The molecule has 1 fully saturated rings. The topological polar surface area (TPSA) is 33.1 Å². The molecule has 1 N–H and O–H groups in total. The number of aromatic hydroxyl groups is 1. The molecule has 0 spiro atoms. The van der Waals surface area contributed by atoms with Gasteiger partial charge in [0.25, 0.3) is 0 Å². The lowest BCUT2D eigenvalue weighted by Gasteiger charge is -1.98. The predicted molar refractivity (Wildman–Crippen MR) is 42.9 cm³/mol. The Balaban J connectivity index is 2.36. The Kier molecular flexibility index (Phi) is 1.50. The number of rotatable bonds is 1. The molecule has 1 aromatic rings. The zero-order valence-corrected chi connectivity index (χ0v) is 6.67. The van der Waals surface area contributed by atoms with Gasteiger partial charge in [0.2, 0.25) is 0 Å². The molecule has 2 nitrogen and oxygen atoms in total. The number of hydrogen-bond acceptors (Lipinski definition) is 2. The van der Waals surface area contributed by atoms with Crippen molar-refractivity contribution in [3.63, 3.8) is 0 Å². The van der Waals surface area contributed by atoms with Crippen molar-refractivity contribution in [1.82, 2.24) is 4.98 Å². The fraction of sp³-hybridized carbons (Fsp3) is 0.375. The summed E-state index contributed by atoms with van der Waals surface area (Å²) in [4.78, 5) is 3.86. The largest absolute Gasteiger partial charge is 0.505 e. The third-order valence-electron chi connectivity index (χ3n) is 1.89. The second kappa shape index (κ2) is 2.38. The van der Waals surface area contributed by atoms with Crippen molar-refractivity contribution in [2.75, 3.05) is 0 Å². The molecule has 1 aliphatic rings. The summed E-state index contributed by atoms with van der Waals surface area (Å²) >= 11 is 5.54. The fourth-order valence-corrected chi connectivity index (χ4v) is 1.20. The van der Waals surface area contributed by atoms with Crippen LogP contribution in [-0.4, -0.2) is 10.1 Å². The van der Waals surface area contributed by atoms with Crippen LogP contribution in [0.15, 0.2) is 12.3 Å². The molecular formula is C8H8ClNO. The van der Waals surface area contributed by atoms with E-state index < -0.39 is 0 Å². The van der Waals surface area contributed by atoms with Crippen LogP contribution >= 0.6 is 11.6 Å². The maximum Gasteiger partial charge on any atom is 0.170 e. The van der Waals surface area contributed by atoms with Gasteiger partial charge in [-0.15, -0.1) is 0 Å². The highest BCUT2D eigenvalue weighted by atomic mass is 35.5. The van der Waals surface area contributed by atoms with Crippen LogP contribution in [0, 0.1) is 0 Å². The van der Waals surface area contributed by atoms with E-state index in [1.807, 2.05) is 0 Å². The Hall–Kier alpha value is -0.760. The minimum Gasteiger partial charge on any atom is -0.505 e. The summed E-state index contributed by atoms with van der Waals surface area (Å²) in [5.41, 5.74) is 1.10. The second-order valence-electron chi connectivity index (χ2n) is 2.85. The molecule has 0 radical (unpaired) electrons. The van der Waals surface area contributed by atoms with Crippen LogP contribution in [0.3, 0.4) is 0 Å². The van der Waals surface area contributed by atoms with Gasteiger partial charge in [0.15, 0.2) is 10.9 Å². The lowest BCUT2D eigenvalue weighted by Crippen LogP contribution is -1.82. The molecule has 2 rings (SSSR count). The summed E-state index contributed by atoms with van der Waals surface area (Å²) in [5, 5.41) is 9.37. The van der Waals surface area contributed by atoms with Crippen molar-refractivity contribution in [2.45, 2.75) is 18.8 Å². The number of hydrogen-bond donors (Lipinski definition) is 1. The van der Waals surface area contributed by atoms with E-state index in [2.05, 4.69) is 4.98 Å². The summed E-state index contributed by atoms with van der Waals surface area (Å²) in [6.07, 6.45) is 4.16. The molecule has 0 atom stereocenters. The standard InChI is InChI=1S/C8H8ClNO/c9-8-7(11)3-6(4-10-8)5-1-2-5/h3-5,11H,1-2H2. The summed E-state index contributed by atoms with van der Waals surface area (Å²) in [6, 6.07) is 1.70. The first-order valence-corrected chi connectivity index (χ1v) is 3.99. The quantitative estimate of drug-likeness (QED) is 0.655. The normalized spacial score (nSPS) is 16.8. The third kappa shape index (κ3) is 1.31. The van der Waals surface area contributed by atoms with Crippen molar-refractivity contribution in [1.29, 1.82) is 0 Å². The third-order valence-corrected chi connectivity index (χ3v) is 2.18. The van der Waals surface area contributed by atoms with Crippen LogP contribution in [0.5, 0.6) is 5.75 Å². The first-order valence-electron chi connectivity index (χ1n) is 3.62. The van der Waals surface area contributed by atoms with E-state index in [4.69, 9.17) is 11.6 Å². The van der Waals surface area contributed by atoms with Crippen molar-refractivity contribution in [2.24, 2.45) is 0 Å². The highest BCUT2D eigenvalue weighted by Crippen LogP contribution is 2.41. The average molecular weight is 170 g/mol. The van der Waals surface area contributed by atoms with Gasteiger partial charge in [-0.05, 0) is 30.4 Å². The molecule has 1 aliphatic carbocycles. The van der Waals surface area contributed by atoms with E-state index in [0.717, 1.165) is 5.56 Å². The Bertz CT molecular complexity index is 283. The van der Waals surface area contributed by atoms with E-state index >= 15 is 0 Å². The van der Waals surface area contributed by atoms with E-state index in [1.165, 1.54) is 12.8 Å². The lowest BCUT2D eigenvalue weighted by molar-refractivity contribution is 0.472. The molecule has 3 heteroatoms. The second-order valence-corrected chi connectivity index (χ2v) is 3.21. The maximum atomic E-state index is 9.18. The van der Waals surface area contributed by atoms with Gasteiger partial charge in [-0.25, -0.2) is 4.98 Å². The minimum atomic E-state index is 0.0936. The summed E-state index contributed by atoms with van der Waals surface area (Å²) in [6.45, 7) is 0. The minimum absolute atomic E-state index is 0.0936. The number of nitrogens with zero attached hydrogens (tertiary/aromatic N) is 1. The van der Waals surface area contributed by atoms with Gasteiger partial charge >= 0.3 is 0 Å². The molecule has 0 unspecified atom stereocenters. The van der Waals surface area contributed by atoms with E-state index in [1.54, 1.807) is 12.3 Å². The summed E-state index contributed by atoms with van der Waals surface area (Å²) < 4.78 is 0. The highest BCUT2D eigenvalue weighted by Gasteiger charge is 2.24. The molecule has 0 bridgehead atoms. The zero-order valence-electron chi connectivity index (χ0n) is 5.92. The first kappa shape index (κ1) is 6.92. The van der Waals surface area contributed by atoms with Crippen LogP contribution in [0.1, 0.15) is 24.3 Å². The molecule has 1 saturated carbocycles. The summed E-state index contributed by atoms with van der Waals surface area (Å²) in [7, 11) is 0. The van der Waals surface area contributed by atoms with E-state index in [9.17, 15) is 5.11 Å². The Labute approximate surface area is 69.8 Å². The van der Waals surface area contributed by atoms with Crippen molar-refractivity contribution >= 4 is 11.6 Å². The molecule has 0 amide bonds. The van der Waals surface area contributed by atoms with Gasteiger partial charge in [0, 0.05) is 6.20 Å². The smallest absolute Gasteiger partial charge is 0.170 e. The molecule has 0 saturated heterocycles. The summed E-state index contributed by atoms with van der Waals surface area (Å²) in [5.74, 6) is 0.710. The van der Waals surface area contributed by atoms with Gasteiger partial charge in [-0.2, -0.15) is 0 Å². The van der Waals surface area contributed by atoms with Gasteiger partial charge < -0.3 is 5.11 Å². The van der Waals surface area contributed by atoms with E-state index in [-0.39, 0.29) is 10.9 Å². The Morgan fingerprint density at radius 2 is 2.27 bits per heavy atom. The van der Waals surface area contributed by atoms with Crippen molar-refractivity contribution < 1.29 is 5.11 Å². The zero-order chi connectivity index (χ0) is 7.84. The van der Waals surface area contributed by atoms with Crippen molar-refractivity contribution in [3.05, 3.63) is 23.0 Å². The predicted octanol–water partition coefficient (Wildman–Crippen LogP) is 2.32. The monoisotopic (exact) mass is 169 g/mol. The molecular weight excluding hydrogens is 162 g/mol. The van der Waals surface area contributed by atoms with Gasteiger partial charge in [-0.3, -0.25) is 0 Å². The molecule has 1 heterocycles. The molecule has 0 aromatic carbocycles. The number of halogens is 1. The average Bonchev–Trinajstić information content (AvgIpc) is 2.77. The molecule has 58 valence electrons. The Morgan fingerprint density at radius 3 is 2.82 bits per heavy atom. The number of aromatic nitrogens is 1. The van der Waals surface area contributed by atoms with Gasteiger partial charge in [-0.1, -0.05) is 11.6 Å². The van der Waals surface area contributed by atoms with Crippen LogP contribution < -0.4 is 0 Å². The first-order chi connectivity index (χ1) is 5.27. The van der Waals surface area contributed by atoms with Crippen LogP contribution in [0.4, 0.5) is 0 Å². The van der Waals surface area contributed by atoms with Gasteiger partial charge in [0.05, 0.1) is 0 Å².